The summed E-state index contributed by atoms with van der Waals surface area (Å²) in [6.45, 7) is 0.334. The van der Waals surface area contributed by atoms with Gasteiger partial charge in [0.1, 0.15) is 11.4 Å². The molecule has 1 aliphatic carbocycles. The van der Waals surface area contributed by atoms with Crippen molar-refractivity contribution in [1.29, 1.82) is 0 Å². The Balaban J connectivity index is 1.80. The van der Waals surface area contributed by atoms with E-state index in [1.807, 2.05) is 18.2 Å². The van der Waals surface area contributed by atoms with E-state index in [2.05, 4.69) is 16.4 Å². The molecule has 0 radical (unpaired) electrons. The van der Waals surface area contributed by atoms with Crippen molar-refractivity contribution in [3.63, 3.8) is 0 Å². The molecule has 1 unspecified atom stereocenters. The number of fused-ring (bicyclic) bond motifs is 1. The van der Waals surface area contributed by atoms with Crippen LogP contribution in [-0.4, -0.2) is 16.6 Å². The monoisotopic (exact) mass is 272 g/mol. The number of aliphatic hydroxyl groups is 1. The number of aromatic nitrogens is 1. The second-order valence-corrected chi connectivity index (χ2v) is 5.24. The third kappa shape index (κ3) is 2.51. The van der Waals surface area contributed by atoms with Crippen LogP contribution in [0.25, 0.3) is 0 Å². The van der Waals surface area contributed by atoms with Crippen molar-refractivity contribution in [3.05, 3.63) is 59.5 Å². The van der Waals surface area contributed by atoms with Crippen molar-refractivity contribution in [2.24, 2.45) is 0 Å². The molecule has 1 atom stereocenters. The van der Waals surface area contributed by atoms with E-state index in [4.69, 9.17) is 0 Å². The highest BCUT2D eigenvalue weighted by atomic mass is 19.1. The van der Waals surface area contributed by atoms with Crippen molar-refractivity contribution in [3.8, 4) is 0 Å². The smallest absolute Gasteiger partial charge is 0.214 e. The summed E-state index contributed by atoms with van der Waals surface area (Å²) >= 11 is 0. The quantitative estimate of drug-likeness (QED) is 0.845. The van der Waals surface area contributed by atoms with Crippen molar-refractivity contribution in [2.75, 3.05) is 11.9 Å². The van der Waals surface area contributed by atoms with Gasteiger partial charge in [-0.2, -0.15) is 4.39 Å². The van der Waals surface area contributed by atoms with Crippen molar-refractivity contribution < 1.29 is 9.50 Å². The first-order chi connectivity index (χ1) is 9.67. The van der Waals surface area contributed by atoms with Crippen LogP contribution in [0, 0.1) is 5.95 Å². The van der Waals surface area contributed by atoms with Gasteiger partial charge in [0.05, 0.1) is 0 Å². The molecule has 3 rings (SSSR count). The summed E-state index contributed by atoms with van der Waals surface area (Å²) in [6.07, 6.45) is 2.65. The minimum Gasteiger partial charge on any atom is -0.383 e. The Labute approximate surface area is 117 Å². The standard InChI is InChI=1S/C16H17FN2O/c17-14-8-3-9-15(19-14)18-11-16(20)10-4-6-12-5-1-2-7-13(12)16/h1-3,5,7-9,20H,4,6,10-11H2,(H,18,19). The molecule has 104 valence electrons. The predicted octanol–water partition coefficient (Wildman–Crippen LogP) is 2.86. The number of rotatable bonds is 3. The Morgan fingerprint density at radius 1 is 1.20 bits per heavy atom. The molecule has 0 bridgehead atoms. The molecule has 2 N–H and O–H groups in total. The fourth-order valence-electron chi connectivity index (χ4n) is 2.83. The minimum absolute atomic E-state index is 0.334. The highest BCUT2D eigenvalue weighted by Gasteiger charge is 2.33. The summed E-state index contributed by atoms with van der Waals surface area (Å²) in [5.41, 5.74) is 1.24. The Morgan fingerprint density at radius 2 is 2.05 bits per heavy atom. The van der Waals surface area contributed by atoms with E-state index in [1.54, 1.807) is 12.1 Å². The van der Waals surface area contributed by atoms with Gasteiger partial charge in [-0.1, -0.05) is 30.3 Å². The van der Waals surface area contributed by atoms with Gasteiger partial charge < -0.3 is 10.4 Å². The number of benzene rings is 1. The van der Waals surface area contributed by atoms with Crippen LogP contribution in [0.5, 0.6) is 0 Å². The zero-order valence-electron chi connectivity index (χ0n) is 11.1. The average Bonchev–Trinajstić information content (AvgIpc) is 2.46. The Hall–Kier alpha value is -1.94. The number of aryl methyl sites for hydroxylation is 1. The second-order valence-electron chi connectivity index (χ2n) is 5.24. The summed E-state index contributed by atoms with van der Waals surface area (Å²) in [4.78, 5) is 3.76. The molecular formula is C16H17FN2O. The summed E-state index contributed by atoms with van der Waals surface area (Å²) in [5.74, 6) is -0.0764. The third-order valence-electron chi connectivity index (χ3n) is 3.83. The molecule has 0 fully saturated rings. The van der Waals surface area contributed by atoms with Gasteiger partial charge in [0.2, 0.25) is 5.95 Å². The first-order valence-electron chi connectivity index (χ1n) is 6.85. The van der Waals surface area contributed by atoms with Gasteiger partial charge in [-0.25, -0.2) is 4.98 Å². The predicted molar refractivity (Wildman–Crippen MR) is 76.0 cm³/mol. The fraction of sp³-hybridized carbons (Fsp3) is 0.312. The zero-order valence-corrected chi connectivity index (χ0v) is 11.1. The van der Waals surface area contributed by atoms with Gasteiger partial charge in [0, 0.05) is 6.54 Å². The number of nitrogens with zero attached hydrogens (tertiary/aromatic N) is 1. The van der Waals surface area contributed by atoms with Crippen LogP contribution in [0.3, 0.4) is 0 Å². The van der Waals surface area contributed by atoms with E-state index < -0.39 is 11.5 Å². The average molecular weight is 272 g/mol. The Kier molecular flexibility index (Phi) is 3.40. The fourth-order valence-corrected chi connectivity index (χ4v) is 2.83. The summed E-state index contributed by atoms with van der Waals surface area (Å²) in [5, 5.41) is 13.9. The Bertz CT molecular complexity index is 617. The molecule has 0 saturated carbocycles. The molecule has 3 nitrogen and oxygen atoms in total. The van der Waals surface area contributed by atoms with Crippen LogP contribution in [0.2, 0.25) is 0 Å². The molecule has 1 aromatic carbocycles. The molecule has 0 aliphatic heterocycles. The van der Waals surface area contributed by atoms with Crippen LogP contribution in [-0.2, 0) is 12.0 Å². The first kappa shape index (κ1) is 13.1. The second kappa shape index (κ2) is 5.21. The Morgan fingerprint density at radius 3 is 2.90 bits per heavy atom. The van der Waals surface area contributed by atoms with Gasteiger partial charge in [0.15, 0.2) is 0 Å². The van der Waals surface area contributed by atoms with Crippen molar-refractivity contribution in [1.82, 2.24) is 4.98 Å². The lowest BCUT2D eigenvalue weighted by Crippen LogP contribution is -2.37. The largest absolute Gasteiger partial charge is 0.383 e. The maximum atomic E-state index is 13.1. The number of hydrogen-bond donors (Lipinski definition) is 2. The molecular weight excluding hydrogens is 255 g/mol. The molecule has 1 aliphatic rings. The highest BCUT2D eigenvalue weighted by molar-refractivity contribution is 5.39. The SMILES string of the molecule is OC1(CNc2cccc(F)n2)CCCc2ccccc21. The molecule has 0 saturated heterocycles. The highest BCUT2D eigenvalue weighted by Crippen LogP contribution is 2.35. The zero-order chi connectivity index (χ0) is 14.0. The molecule has 1 heterocycles. The molecule has 0 amide bonds. The van der Waals surface area contributed by atoms with E-state index in [0.29, 0.717) is 18.8 Å². The molecule has 1 aromatic heterocycles. The van der Waals surface area contributed by atoms with Crippen LogP contribution in [0.1, 0.15) is 24.0 Å². The maximum Gasteiger partial charge on any atom is 0.214 e. The van der Waals surface area contributed by atoms with Crippen molar-refractivity contribution >= 4 is 5.82 Å². The van der Waals surface area contributed by atoms with Gasteiger partial charge in [0.25, 0.3) is 0 Å². The van der Waals surface area contributed by atoms with Gasteiger partial charge in [-0.15, -0.1) is 0 Å². The minimum atomic E-state index is -0.914. The van der Waals surface area contributed by atoms with Gasteiger partial charge >= 0.3 is 0 Å². The molecule has 2 aromatic rings. The van der Waals surface area contributed by atoms with Gasteiger partial charge in [-0.3, -0.25) is 0 Å². The van der Waals surface area contributed by atoms with Crippen LogP contribution in [0.15, 0.2) is 42.5 Å². The number of hydrogen-bond acceptors (Lipinski definition) is 3. The van der Waals surface area contributed by atoms with Crippen LogP contribution >= 0.6 is 0 Å². The van der Waals surface area contributed by atoms with Crippen LogP contribution < -0.4 is 5.32 Å². The lowest BCUT2D eigenvalue weighted by atomic mass is 9.79. The van der Waals surface area contributed by atoms with E-state index in [1.165, 1.54) is 11.6 Å². The lowest BCUT2D eigenvalue weighted by molar-refractivity contribution is 0.0322. The molecule has 0 spiro atoms. The van der Waals surface area contributed by atoms with Gasteiger partial charge in [-0.05, 0) is 42.5 Å². The van der Waals surface area contributed by atoms with E-state index >= 15 is 0 Å². The molecule has 4 heteroatoms. The summed E-state index contributed by atoms with van der Waals surface area (Å²) < 4.78 is 13.1. The number of nitrogens with one attached hydrogen (secondary N) is 1. The van der Waals surface area contributed by atoms with Crippen molar-refractivity contribution in [2.45, 2.75) is 24.9 Å². The maximum absolute atomic E-state index is 13.1. The molecule has 20 heavy (non-hydrogen) atoms. The number of pyridine rings is 1. The van der Waals surface area contributed by atoms with E-state index in [-0.39, 0.29) is 0 Å². The normalized spacial score (nSPS) is 21.3. The number of halogens is 1. The van der Waals surface area contributed by atoms with E-state index in [9.17, 15) is 9.50 Å². The number of anilines is 1. The first-order valence-corrected chi connectivity index (χ1v) is 6.85. The summed E-state index contributed by atoms with van der Waals surface area (Å²) in [7, 11) is 0. The lowest BCUT2D eigenvalue weighted by Gasteiger charge is -2.34. The van der Waals surface area contributed by atoms with E-state index in [0.717, 1.165) is 18.4 Å². The topological polar surface area (TPSA) is 45.1 Å². The summed E-state index contributed by atoms with van der Waals surface area (Å²) in [6, 6.07) is 12.6. The van der Waals surface area contributed by atoms with Crippen LogP contribution in [0.4, 0.5) is 10.2 Å². The third-order valence-corrected chi connectivity index (χ3v) is 3.83.